The number of imidazole rings is 1. The topological polar surface area (TPSA) is 221 Å². The van der Waals surface area contributed by atoms with E-state index in [2.05, 4.69) is 40.5 Å². The number of fused-ring (bicyclic) bond motifs is 1. The normalized spacial score (nSPS) is 19.0. The number of nitrogens with two attached hydrogens (primary N) is 2. The average molecular weight is 763 g/mol. The van der Waals surface area contributed by atoms with Gasteiger partial charge in [-0.15, -0.1) is 0 Å². The van der Waals surface area contributed by atoms with Gasteiger partial charge in [0, 0.05) is 19.7 Å². The molecule has 49 heavy (non-hydrogen) atoms. The summed E-state index contributed by atoms with van der Waals surface area (Å²) in [4.78, 5) is 44.8. The zero-order valence-electron chi connectivity index (χ0n) is 26.6. The number of hydrogen-bond acceptors (Lipinski definition) is 12. The number of hydrogen-bond donors (Lipinski definition) is 5. The predicted octanol–water partition coefficient (Wildman–Crippen LogP) is 0.439. The molecule has 4 heterocycles. The molecule has 3 atom stereocenters. The first-order chi connectivity index (χ1) is 23.2. The van der Waals surface area contributed by atoms with Gasteiger partial charge < -0.3 is 46.1 Å². The predicted molar refractivity (Wildman–Crippen MR) is 169 cm³/mol. The third-order valence-corrected chi connectivity index (χ3v) is 8.38. The highest BCUT2D eigenvalue weighted by Crippen LogP contribution is 2.28. The first-order valence-electron chi connectivity index (χ1n) is 15.1. The summed E-state index contributed by atoms with van der Waals surface area (Å²) in [6, 6.07) is 5.60. The van der Waals surface area contributed by atoms with Crippen LogP contribution >= 0.6 is 15.9 Å². The second kappa shape index (κ2) is 16.0. The Morgan fingerprint density at radius 1 is 1.16 bits per heavy atom. The molecule has 268 valence electrons. The molecule has 0 bridgehead atoms. The van der Waals surface area contributed by atoms with Gasteiger partial charge in [-0.1, -0.05) is 6.07 Å². The van der Waals surface area contributed by atoms with E-state index < -0.39 is 30.3 Å². The molecular formula is C29H37BrF3N8O8+. The number of ether oxygens (including phenoxy) is 3. The number of rotatable bonds is 9. The number of methoxy groups -OCH3 is 1. The Hall–Kier alpha value is -4.27. The Balaban J connectivity index is 0.000000603. The maximum atomic E-state index is 13.1. The number of aryl methyl sites for hydroxylation is 1. The lowest BCUT2D eigenvalue weighted by atomic mass is 10.2. The molecule has 0 aliphatic carbocycles. The number of aliphatic hydroxyl groups is 2. The summed E-state index contributed by atoms with van der Waals surface area (Å²) in [5, 5.41) is 22.5. The molecule has 7 N–H and O–H groups in total. The quantitative estimate of drug-likeness (QED) is 0.148. The van der Waals surface area contributed by atoms with Crippen LogP contribution in [0, 0.1) is 0 Å². The minimum Gasteiger partial charge on any atom is -0.479 e. The van der Waals surface area contributed by atoms with E-state index in [0.29, 0.717) is 32.6 Å². The van der Waals surface area contributed by atoms with Crippen molar-refractivity contribution in [2.24, 2.45) is 0 Å². The Morgan fingerprint density at radius 3 is 2.43 bits per heavy atom. The van der Waals surface area contributed by atoms with Crippen LogP contribution < -0.4 is 26.1 Å². The number of carbonyl (C=O) groups excluding carboxylic acids is 3. The van der Waals surface area contributed by atoms with Crippen molar-refractivity contribution in [3.63, 3.8) is 0 Å². The highest BCUT2D eigenvalue weighted by Gasteiger charge is 2.40. The molecule has 2 fully saturated rings. The van der Waals surface area contributed by atoms with Crippen molar-refractivity contribution in [1.82, 2.24) is 24.8 Å². The number of para-hydroxylation sites is 1. The van der Waals surface area contributed by atoms with Gasteiger partial charge in [0.1, 0.15) is 17.7 Å². The number of aromatic nitrogens is 4. The molecule has 20 heteroatoms. The van der Waals surface area contributed by atoms with Crippen LogP contribution in [0.3, 0.4) is 0 Å². The van der Waals surface area contributed by atoms with E-state index in [0.717, 1.165) is 29.7 Å². The van der Waals surface area contributed by atoms with E-state index in [-0.39, 0.29) is 60.2 Å². The number of esters is 1. The average Bonchev–Trinajstić information content (AvgIpc) is 3.78. The number of likely N-dealkylation sites (tertiary alicyclic amines) is 1. The summed E-state index contributed by atoms with van der Waals surface area (Å²) in [6.45, 7) is 3.80. The molecule has 2 aliphatic rings. The highest BCUT2D eigenvalue weighted by molar-refractivity contribution is 9.10. The maximum absolute atomic E-state index is 13.1. The van der Waals surface area contributed by atoms with Crippen molar-refractivity contribution in [2.75, 3.05) is 44.9 Å². The van der Waals surface area contributed by atoms with E-state index >= 15 is 0 Å². The summed E-state index contributed by atoms with van der Waals surface area (Å²) < 4.78 is 52.6. The largest absolute Gasteiger partial charge is 0.490 e. The number of nitrogens with one attached hydrogen (secondary N) is 1. The van der Waals surface area contributed by atoms with E-state index in [1.54, 1.807) is 6.07 Å². The van der Waals surface area contributed by atoms with Gasteiger partial charge in [-0.2, -0.15) is 13.2 Å². The van der Waals surface area contributed by atoms with E-state index in [9.17, 15) is 37.8 Å². The monoisotopic (exact) mass is 761 g/mol. The van der Waals surface area contributed by atoms with Crippen LogP contribution in [0.4, 0.5) is 24.8 Å². The lowest BCUT2D eigenvalue weighted by Crippen LogP contribution is -2.41. The van der Waals surface area contributed by atoms with Crippen molar-refractivity contribution in [3.8, 4) is 5.75 Å². The molecule has 3 aromatic rings. The minimum absolute atomic E-state index is 0.0131. The van der Waals surface area contributed by atoms with Crippen molar-refractivity contribution in [1.29, 1.82) is 0 Å². The van der Waals surface area contributed by atoms with Crippen molar-refractivity contribution >= 4 is 56.4 Å². The summed E-state index contributed by atoms with van der Waals surface area (Å²) in [7, 11) is 0.676. The third kappa shape index (κ3) is 8.86. The van der Waals surface area contributed by atoms with Gasteiger partial charge in [-0.05, 0) is 47.8 Å². The Bertz CT molecular complexity index is 1680. The molecule has 0 radical (unpaired) electrons. The standard InChI is InChI=1S/C26H33BrN8O6.C3H3F3O2/c1-2-34-19(9-30-26(39)21-24(28)32-25(29)23(27)31-21)35(10-14-5-4-8-40-14)15-6-3-7-18(22(15)34)41-13-20(38)33-11-16(36)17(37)12-33;1-8-2(7)3(4,5)6/h3,6-7,14,16-17,36-37H,2,4-5,8-13H2,1H3,(H4-,28,29,30,32,39);1H3/p+1/t14?,16-,17?;/m0./s1. The molecule has 0 spiro atoms. The molecule has 2 aliphatic heterocycles. The zero-order chi connectivity index (χ0) is 36.0. The number of alkyl halides is 3. The molecular weight excluding hydrogens is 725 g/mol. The number of amides is 2. The van der Waals surface area contributed by atoms with Gasteiger partial charge in [0.2, 0.25) is 5.52 Å². The third-order valence-electron chi connectivity index (χ3n) is 7.79. The molecule has 0 saturated carbocycles. The SMILES string of the molecule is CC[n+]1c(CNC(=O)c2nc(Br)c(N)nc2N)n(CC2CCCO2)c2cccc(OCC(=O)N3CC(O)[C@@H](O)C3)c21.COC(=O)C(F)(F)F. The Labute approximate surface area is 286 Å². The van der Waals surface area contributed by atoms with Crippen LogP contribution in [-0.2, 0) is 38.7 Å². The van der Waals surface area contributed by atoms with Gasteiger partial charge >= 0.3 is 12.1 Å². The fourth-order valence-corrected chi connectivity index (χ4v) is 5.69. The van der Waals surface area contributed by atoms with Crippen LogP contribution in [0.15, 0.2) is 22.8 Å². The molecule has 2 unspecified atom stereocenters. The van der Waals surface area contributed by atoms with Gasteiger partial charge in [0.05, 0.1) is 32.0 Å². The van der Waals surface area contributed by atoms with Crippen molar-refractivity contribution in [2.45, 2.75) is 63.9 Å². The Kier molecular flexibility index (Phi) is 12.2. The fourth-order valence-electron chi connectivity index (χ4n) is 5.43. The van der Waals surface area contributed by atoms with Gasteiger partial charge in [0.25, 0.3) is 17.6 Å². The molecule has 5 rings (SSSR count). The zero-order valence-corrected chi connectivity index (χ0v) is 28.2. The van der Waals surface area contributed by atoms with E-state index in [4.69, 9.17) is 20.9 Å². The summed E-state index contributed by atoms with van der Waals surface area (Å²) in [6.07, 6.45) is -4.88. The molecule has 2 amide bonds. The molecule has 1 aromatic carbocycles. The minimum atomic E-state index is -4.85. The lowest BCUT2D eigenvalue weighted by molar-refractivity contribution is -0.676. The van der Waals surface area contributed by atoms with Gasteiger partial charge in [-0.3, -0.25) is 9.59 Å². The number of β-amino-alcohol motifs (C(OH)–C–C–N with tert-alkyl or cyclic N) is 2. The first kappa shape index (κ1) is 37.5. The van der Waals surface area contributed by atoms with E-state index in [1.165, 1.54) is 4.90 Å². The number of carbonyl (C=O) groups is 3. The summed E-state index contributed by atoms with van der Waals surface area (Å²) >= 11 is 3.19. The number of anilines is 2. The van der Waals surface area contributed by atoms with Crippen LogP contribution in [0.25, 0.3) is 11.0 Å². The van der Waals surface area contributed by atoms with Crippen molar-refractivity contribution in [3.05, 3.63) is 34.3 Å². The van der Waals surface area contributed by atoms with Gasteiger partial charge in [0.15, 0.2) is 35.2 Å². The molecule has 2 saturated heterocycles. The molecule has 2 aromatic heterocycles. The molecule has 16 nitrogen and oxygen atoms in total. The first-order valence-corrected chi connectivity index (χ1v) is 15.9. The van der Waals surface area contributed by atoms with Crippen LogP contribution in [0.1, 0.15) is 36.1 Å². The Morgan fingerprint density at radius 2 is 1.86 bits per heavy atom. The lowest BCUT2D eigenvalue weighted by Gasteiger charge is -2.15. The second-order valence-electron chi connectivity index (χ2n) is 11.1. The van der Waals surface area contributed by atoms with Crippen LogP contribution in [0.5, 0.6) is 5.75 Å². The maximum Gasteiger partial charge on any atom is 0.490 e. The highest BCUT2D eigenvalue weighted by atomic mass is 79.9. The number of halogens is 4. The number of nitrogen functional groups attached to an aromatic ring is 2. The number of nitrogens with zero attached hydrogens (tertiary/aromatic N) is 5. The van der Waals surface area contributed by atoms with Crippen molar-refractivity contribution < 1.29 is 56.5 Å². The number of benzene rings is 1. The summed E-state index contributed by atoms with van der Waals surface area (Å²) in [5.74, 6) is -1.72. The fraction of sp³-hybridized carbons (Fsp3) is 0.517. The smallest absolute Gasteiger partial charge is 0.479 e. The second-order valence-corrected chi connectivity index (χ2v) is 11.8. The number of aliphatic hydroxyl groups excluding tert-OH is 2. The summed E-state index contributed by atoms with van der Waals surface area (Å²) in [5.41, 5.74) is 13.2. The van der Waals surface area contributed by atoms with Gasteiger partial charge in [-0.25, -0.2) is 23.9 Å². The van der Waals surface area contributed by atoms with Crippen LogP contribution in [-0.4, -0.2) is 105 Å². The van der Waals surface area contributed by atoms with E-state index in [1.807, 2.05) is 23.6 Å². The van der Waals surface area contributed by atoms with Crippen LogP contribution in [0.2, 0.25) is 0 Å².